The molecule has 1 unspecified atom stereocenters. The third kappa shape index (κ3) is 7.97. The molecular weight excluding hydrogens is 264 g/mol. The van der Waals surface area contributed by atoms with Crippen LogP contribution < -0.4 is 0 Å². The van der Waals surface area contributed by atoms with Crippen LogP contribution >= 0.6 is 11.6 Å². The van der Waals surface area contributed by atoms with E-state index in [4.69, 9.17) is 35.3 Å². The second-order valence-corrected chi connectivity index (χ2v) is 3.95. The van der Waals surface area contributed by atoms with E-state index in [1.165, 1.54) is 0 Å². The highest BCUT2D eigenvalue weighted by molar-refractivity contribution is 6.64. The smallest absolute Gasteiger partial charge is 0.252 e. The van der Waals surface area contributed by atoms with Crippen molar-refractivity contribution in [2.75, 3.05) is 59.5 Å². The first kappa shape index (κ1) is 15.8. The number of hydrogen-bond acceptors (Lipinski definition) is 6. The molecule has 1 aliphatic rings. The molecule has 0 aromatic heterocycles. The highest BCUT2D eigenvalue weighted by atomic mass is 35.5. The molecule has 0 amide bonds. The zero-order valence-corrected chi connectivity index (χ0v) is 11.0. The summed E-state index contributed by atoms with van der Waals surface area (Å²) in [7, 11) is 0. The van der Waals surface area contributed by atoms with Crippen LogP contribution in [0.3, 0.4) is 0 Å². The van der Waals surface area contributed by atoms with Crippen LogP contribution in [0.5, 0.6) is 0 Å². The van der Waals surface area contributed by atoms with E-state index >= 15 is 0 Å². The average molecular weight is 283 g/mol. The van der Waals surface area contributed by atoms with E-state index in [1.807, 2.05) is 0 Å². The Hall–Kier alpha value is -0.240. The van der Waals surface area contributed by atoms with E-state index in [0.29, 0.717) is 52.9 Å². The van der Waals surface area contributed by atoms with Gasteiger partial charge in [0.15, 0.2) is 6.10 Å². The average Bonchev–Trinajstić information content (AvgIpc) is 2.36. The summed E-state index contributed by atoms with van der Waals surface area (Å²) < 4.78 is 26.3. The summed E-state index contributed by atoms with van der Waals surface area (Å²) in [5.41, 5.74) is 0. The molecule has 0 N–H and O–H groups in total. The van der Waals surface area contributed by atoms with Gasteiger partial charge in [-0.3, -0.25) is 4.79 Å². The van der Waals surface area contributed by atoms with E-state index in [-0.39, 0.29) is 6.61 Å². The van der Waals surface area contributed by atoms with E-state index in [9.17, 15) is 4.79 Å². The molecule has 7 heteroatoms. The van der Waals surface area contributed by atoms with E-state index in [2.05, 4.69) is 0 Å². The number of ether oxygens (including phenoxy) is 5. The summed E-state index contributed by atoms with van der Waals surface area (Å²) in [5.74, 6) is 0. The number of rotatable bonds is 1. The molecule has 1 atom stereocenters. The third-order valence-electron chi connectivity index (χ3n) is 2.19. The van der Waals surface area contributed by atoms with Gasteiger partial charge in [-0.15, -0.1) is 0 Å². The lowest BCUT2D eigenvalue weighted by Gasteiger charge is -2.14. The summed E-state index contributed by atoms with van der Waals surface area (Å²) in [6.07, 6.45) is -0.753. The summed E-state index contributed by atoms with van der Waals surface area (Å²) in [6.45, 7) is 3.69. The second-order valence-electron chi connectivity index (χ2n) is 3.58. The first-order valence-electron chi connectivity index (χ1n) is 5.92. The van der Waals surface area contributed by atoms with E-state index in [0.717, 1.165) is 0 Å². The minimum Gasteiger partial charge on any atom is -0.377 e. The number of halogens is 1. The maximum Gasteiger partial charge on any atom is 0.252 e. The Labute approximate surface area is 111 Å². The molecule has 18 heavy (non-hydrogen) atoms. The van der Waals surface area contributed by atoms with Gasteiger partial charge in [-0.2, -0.15) is 0 Å². The van der Waals surface area contributed by atoms with Crippen LogP contribution in [0.1, 0.15) is 0 Å². The fourth-order valence-corrected chi connectivity index (χ4v) is 1.40. The molecule has 106 valence electrons. The van der Waals surface area contributed by atoms with Crippen LogP contribution in [0.15, 0.2) is 0 Å². The number of hydrogen-bond donors (Lipinski definition) is 0. The molecule has 1 aliphatic heterocycles. The van der Waals surface area contributed by atoms with Crippen LogP contribution in [0.2, 0.25) is 0 Å². The molecule has 0 spiro atoms. The molecule has 1 saturated heterocycles. The monoisotopic (exact) mass is 282 g/mol. The third-order valence-corrected chi connectivity index (χ3v) is 2.43. The second kappa shape index (κ2) is 10.7. The normalized spacial score (nSPS) is 25.9. The molecule has 0 saturated carbocycles. The van der Waals surface area contributed by atoms with Crippen molar-refractivity contribution in [2.45, 2.75) is 6.10 Å². The summed E-state index contributed by atoms with van der Waals surface area (Å²) >= 11 is 5.40. The minimum atomic E-state index is -0.753. The van der Waals surface area contributed by atoms with E-state index in [1.54, 1.807) is 0 Å². The SMILES string of the molecule is O=C(Cl)C1COCCOCCOCCOCCO1. The molecule has 0 aromatic rings. The molecule has 1 heterocycles. The predicted molar refractivity (Wildman–Crippen MR) is 63.9 cm³/mol. The van der Waals surface area contributed by atoms with Crippen LogP contribution in [-0.4, -0.2) is 70.8 Å². The predicted octanol–water partition coefficient (Wildman–Crippen LogP) is 0.217. The lowest BCUT2D eigenvalue weighted by atomic mass is 10.4. The Morgan fingerprint density at radius 1 is 0.778 bits per heavy atom. The Morgan fingerprint density at radius 2 is 1.22 bits per heavy atom. The van der Waals surface area contributed by atoms with Gasteiger partial charge >= 0.3 is 0 Å². The lowest BCUT2D eigenvalue weighted by Crippen LogP contribution is -2.28. The first-order chi connectivity index (χ1) is 8.80. The van der Waals surface area contributed by atoms with Crippen LogP contribution in [0.25, 0.3) is 0 Å². The van der Waals surface area contributed by atoms with Crippen molar-refractivity contribution in [3.63, 3.8) is 0 Å². The van der Waals surface area contributed by atoms with Crippen LogP contribution in [0, 0.1) is 0 Å². The van der Waals surface area contributed by atoms with Gasteiger partial charge in [0, 0.05) is 0 Å². The molecule has 0 aromatic carbocycles. The Bertz CT molecular complexity index is 210. The fraction of sp³-hybridized carbons (Fsp3) is 0.909. The van der Waals surface area contributed by atoms with Crippen molar-refractivity contribution in [1.82, 2.24) is 0 Å². The van der Waals surface area contributed by atoms with Crippen molar-refractivity contribution in [1.29, 1.82) is 0 Å². The molecule has 0 aliphatic carbocycles. The quantitative estimate of drug-likeness (QED) is 0.641. The molecular formula is C11H19ClO6. The number of carbonyl (C=O) groups is 1. The molecule has 0 bridgehead atoms. The fourth-order valence-electron chi connectivity index (χ4n) is 1.28. The van der Waals surface area contributed by atoms with Gasteiger partial charge in [-0.1, -0.05) is 0 Å². The molecule has 0 radical (unpaired) electrons. The summed E-state index contributed by atoms with van der Waals surface area (Å²) in [5, 5.41) is -0.566. The summed E-state index contributed by atoms with van der Waals surface area (Å²) in [6, 6.07) is 0. The van der Waals surface area contributed by atoms with Gasteiger partial charge < -0.3 is 23.7 Å². The largest absolute Gasteiger partial charge is 0.377 e. The van der Waals surface area contributed by atoms with Crippen LogP contribution in [-0.2, 0) is 28.5 Å². The Kier molecular flexibility index (Phi) is 9.37. The van der Waals surface area contributed by atoms with E-state index < -0.39 is 11.3 Å². The van der Waals surface area contributed by atoms with Gasteiger partial charge in [0.05, 0.1) is 59.5 Å². The summed E-state index contributed by atoms with van der Waals surface area (Å²) in [4.78, 5) is 11.1. The van der Waals surface area contributed by atoms with Gasteiger partial charge in [0.1, 0.15) is 0 Å². The van der Waals surface area contributed by atoms with Crippen molar-refractivity contribution < 1.29 is 28.5 Å². The van der Waals surface area contributed by atoms with Crippen molar-refractivity contribution >= 4 is 16.8 Å². The minimum absolute atomic E-state index is 0.127. The van der Waals surface area contributed by atoms with Gasteiger partial charge in [-0.05, 0) is 11.6 Å². The highest BCUT2D eigenvalue weighted by Gasteiger charge is 2.17. The molecule has 1 rings (SSSR count). The topological polar surface area (TPSA) is 63.2 Å². The van der Waals surface area contributed by atoms with Crippen molar-refractivity contribution in [2.24, 2.45) is 0 Å². The zero-order chi connectivity index (χ0) is 13.1. The van der Waals surface area contributed by atoms with Gasteiger partial charge in [0.25, 0.3) is 5.24 Å². The molecule has 6 nitrogen and oxygen atoms in total. The maximum atomic E-state index is 11.1. The van der Waals surface area contributed by atoms with Gasteiger partial charge in [0.2, 0.25) is 0 Å². The first-order valence-corrected chi connectivity index (χ1v) is 6.30. The van der Waals surface area contributed by atoms with Crippen molar-refractivity contribution in [3.8, 4) is 0 Å². The van der Waals surface area contributed by atoms with Crippen molar-refractivity contribution in [3.05, 3.63) is 0 Å². The maximum absolute atomic E-state index is 11.1. The Morgan fingerprint density at radius 3 is 1.72 bits per heavy atom. The Balaban J connectivity index is 2.26. The number of carbonyl (C=O) groups excluding carboxylic acids is 1. The standard InChI is InChI=1S/C11H19ClO6/c12-11(13)10-9-17-6-5-15-2-1-14-3-4-16-7-8-18-10/h10H,1-9H2. The zero-order valence-electron chi connectivity index (χ0n) is 10.3. The highest BCUT2D eigenvalue weighted by Crippen LogP contribution is 2.00. The van der Waals surface area contributed by atoms with Gasteiger partial charge in [-0.25, -0.2) is 0 Å². The lowest BCUT2D eigenvalue weighted by molar-refractivity contribution is -0.128. The van der Waals surface area contributed by atoms with Crippen LogP contribution in [0.4, 0.5) is 0 Å². The molecule has 1 fully saturated rings.